The Morgan fingerprint density at radius 1 is 1.40 bits per heavy atom. The molecule has 0 aliphatic rings. The Morgan fingerprint density at radius 2 is 2.15 bits per heavy atom. The number of hydrogen-bond donors (Lipinski definition) is 1. The zero-order valence-corrected chi connectivity index (χ0v) is 12.5. The standard InChI is InChI=1S/C12H17N3O4S/c1-4-19-12(17)11(16)15-9-7-10(14-8(2)13-9)20-6-5-18-3/h7H,4-6H2,1-3H3,(H,13,14,15,16). The van der Waals surface area contributed by atoms with Crippen LogP contribution in [0.1, 0.15) is 12.7 Å². The average Bonchev–Trinajstić information content (AvgIpc) is 2.38. The van der Waals surface area contributed by atoms with Crippen molar-refractivity contribution in [2.45, 2.75) is 18.9 Å². The van der Waals surface area contributed by atoms with E-state index in [1.54, 1.807) is 27.0 Å². The summed E-state index contributed by atoms with van der Waals surface area (Å²) in [5.74, 6) is -0.268. The molecule has 0 unspecified atom stereocenters. The summed E-state index contributed by atoms with van der Waals surface area (Å²) in [4.78, 5) is 31.0. The van der Waals surface area contributed by atoms with Gasteiger partial charge in [-0.05, 0) is 13.8 Å². The van der Waals surface area contributed by atoms with Crippen molar-refractivity contribution >= 4 is 29.5 Å². The summed E-state index contributed by atoms with van der Waals surface area (Å²) in [6, 6.07) is 1.60. The molecule has 1 heterocycles. The second-order valence-corrected chi connectivity index (χ2v) is 4.77. The number of carbonyl (C=O) groups excluding carboxylic acids is 2. The molecule has 0 aromatic carbocycles. The summed E-state index contributed by atoms with van der Waals surface area (Å²) in [6.07, 6.45) is 0. The van der Waals surface area contributed by atoms with Crippen LogP contribution in [0, 0.1) is 6.92 Å². The van der Waals surface area contributed by atoms with Gasteiger partial charge in [0.25, 0.3) is 0 Å². The van der Waals surface area contributed by atoms with Gasteiger partial charge in [-0.15, -0.1) is 11.8 Å². The summed E-state index contributed by atoms with van der Waals surface area (Å²) in [5, 5.41) is 3.09. The number of amides is 1. The molecular weight excluding hydrogens is 282 g/mol. The second kappa shape index (κ2) is 8.49. The van der Waals surface area contributed by atoms with Crippen molar-refractivity contribution in [2.24, 2.45) is 0 Å². The number of rotatable bonds is 6. The van der Waals surface area contributed by atoms with Crippen LogP contribution in [0.4, 0.5) is 5.82 Å². The van der Waals surface area contributed by atoms with Crippen LogP contribution in [-0.2, 0) is 19.1 Å². The van der Waals surface area contributed by atoms with Gasteiger partial charge in [0.05, 0.1) is 13.2 Å². The summed E-state index contributed by atoms with van der Waals surface area (Å²) in [5.41, 5.74) is 0. The molecule has 0 spiro atoms. The molecular formula is C12H17N3O4S. The highest BCUT2D eigenvalue weighted by Crippen LogP contribution is 2.18. The Bertz CT molecular complexity index is 482. The summed E-state index contributed by atoms with van der Waals surface area (Å²) in [7, 11) is 1.62. The molecule has 0 radical (unpaired) electrons. The van der Waals surface area contributed by atoms with Crippen LogP contribution in [0.3, 0.4) is 0 Å². The Kier molecular flexibility index (Phi) is 6.96. The normalized spacial score (nSPS) is 10.2. The Labute approximate surface area is 121 Å². The quantitative estimate of drug-likeness (QED) is 0.276. The number of aryl methyl sites for hydroxylation is 1. The minimum Gasteiger partial charge on any atom is -0.459 e. The van der Waals surface area contributed by atoms with Gasteiger partial charge in [0.15, 0.2) is 0 Å². The highest BCUT2D eigenvalue weighted by Gasteiger charge is 2.16. The largest absolute Gasteiger partial charge is 0.459 e. The van der Waals surface area contributed by atoms with Gasteiger partial charge in [-0.2, -0.15) is 0 Å². The fourth-order valence-corrected chi connectivity index (χ4v) is 2.12. The lowest BCUT2D eigenvalue weighted by Gasteiger charge is -2.07. The van der Waals surface area contributed by atoms with Crippen LogP contribution in [0.25, 0.3) is 0 Å². The fraction of sp³-hybridized carbons (Fsp3) is 0.500. The topological polar surface area (TPSA) is 90.4 Å². The molecule has 1 amide bonds. The van der Waals surface area contributed by atoms with Crippen molar-refractivity contribution in [3.8, 4) is 0 Å². The molecule has 0 saturated heterocycles. The fourth-order valence-electron chi connectivity index (χ4n) is 1.27. The number of carbonyl (C=O) groups is 2. The molecule has 0 bridgehead atoms. The van der Waals surface area contributed by atoms with Crippen molar-refractivity contribution in [3.63, 3.8) is 0 Å². The SMILES string of the molecule is CCOC(=O)C(=O)Nc1cc(SCCOC)nc(C)n1. The number of hydrogen-bond acceptors (Lipinski definition) is 7. The van der Waals surface area contributed by atoms with E-state index in [0.717, 1.165) is 5.75 Å². The number of anilines is 1. The van der Waals surface area contributed by atoms with Crippen LogP contribution < -0.4 is 5.32 Å². The van der Waals surface area contributed by atoms with Gasteiger partial charge >= 0.3 is 11.9 Å². The molecule has 110 valence electrons. The molecule has 1 aromatic heterocycles. The number of esters is 1. The maximum atomic E-state index is 11.5. The monoisotopic (exact) mass is 299 g/mol. The van der Waals surface area contributed by atoms with Gasteiger partial charge in [0.2, 0.25) is 0 Å². The molecule has 1 N–H and O–H groups in total. The molecule has 0 saturated carbocycles. The number of nitrogens with zero attached hydrogens (tertiary/aromatic N) is 2. The molecule has 0 fully saturated rings. The third-order valence-electron chi connectivity index (χ3n) is 2.05. The number of ether oxygens (including phenoxy) is 2. The van der Waals surface area contributed by atoms with Crippen molar-refractivity contribution in [3.05, 3.63) is 11.9 Å². The number of aromatic nitrogens is 2. The summed E-state index contributed by atoms with van der Waals surface area (Å²) < 4.78 is 9.55. The molecule has 0 atom stereocenters. The van der Waals surface area contributed by atoms with Gasteiger partial charge in [0.1, 0.15) is 16.7 Å². The molecule has 8 heteroatoms. The minimum atomic E-state index is -0.933. The molecule has 7 nitrogen and oxygen atoms in total. The first-order valence-corrected chi connectivity index (χ1v) is 7.01. The van der Waals surface area contributed by atoms with Crippen molar-refractivity contribution < 1.29 is 19.1 Å². The van der Waals surface area contributed by atoms with Crippen LogP contribution >= 0.6 is 11.8 Å². The van der Waals surface area contributed by atoms with Gasteiger partial charge in [-0.3, -0.25) is 4.79 Å². The molecule has 1 aromatic rings. The van der Waals surface area contributed by atoms with E-state index in [0.29, 0.717) is 17.5 Å². The highest BCUT2D eigenvalue weighted by molar-refractivity contribution is 7.99. The zero-order chi connectivity index (χ0) is 15.0. The van der Waals surface area contributed by atoms with E-state index in [-0.39, 0.29) is 12.4 Å². The van der Waals surface area contributed by atoms with Crippen LogP contribution in [0.15, 0.2) is 11.1 Å². The summed E-state index contributed by atoms with van der Waals surface area (Å²) in [6.45, 7) is 4.08. The number of methoxy groups -OCH3 is 1. The first kappa shape index (κ1) is 16.4. The Balaban J connectivity index is 2.70. The smallest absolute Gasteiger partial charge is 0.397 e. The van der Waals surface area contributed by atoms with E-state index in [1.165, 1.54) is 11.8 Å². The van der Waals surface area contributed by atoms with Gasteiger partial charge in [-0.1, -0.05) is 0 Å². The first-order chi connectivity index (χ1) is 9.56. The first-order valence-electron chi connectivity index (χ1n) is 6.02. The lowest BCUT2D eigenvalue weighted by molar-refractivity contribution is -0.152. The highest BCUT2D eigenvalue weighted by atomic mass is 32.2. The maximum absolute atomic E-state index is 11.5. The Morgan fingerprint density at radius 3 is 2.80 bits per heavy atom. The van der Waals surface area contributed by atoms with Crippen LogP contribution in [0.5, 0.6) is 0 Å². The van der Waals surface area contributed by atoms with Crippen LogP contribution in [-0.4, -0.2) is 47.9 Å². The van der Waals surface area contributed by atoms with Gasteiger partial charge in [0, 0.05) is 18.9 Å². The second-order valence-electron chi connectivity index (χ2n) is 3.65. The van der Waals surface area contributed by atoms with E-state index in [2.05, 4.69) is 20.0 Å². The third kappa shape index (κ3) is 5.54. The van der Waals surface area contributed by atoms with E-state index in [1.807, 2.05) is 0 Å². The van der Waals surface area contributed by atoms with Crippen molar-refractivity contribution in [1.82, 2.24) is 9.97 Å². The lowest BCUT2D eigenvalue weighted by atomic mass is 10.5. The molecule has 0 aliphatic heterocycles. The minimum absolute atomic E-state index is 0.146. The maximum Gasteiger partial charge on any atom is 0.397 e. The number of nitrogens with one attached hydrogen (secondary N) is 1. The molecule has 1 rings (SSSR count). The lowest BCUT2D eigenvalue weighted by Crippen LogP contribution is -2.25. The van der Waals surface area contributed by atoms with E-state index < -0.39 is 11.9 Å². The van der Waals surface area contributed by atoms with Crippen molar-refractivity contribution in [1.29, 1.82) is 0 Å². The third-order valence-corrected chi connectivity index (χ3v) is 2.93. The number of thioether (sulfide) groups is 1. The summed E-state index contributed by atoms with van der Waals surface area (Å²) >= 11 is 1.48. The predicted octanol–water partition coefficient (Wildman–Crippen LogP) is 1.03. The Hall–Kier alpha value is -1.67. The van der Waals surface area contributed by atoms with Gasteiger partial charge < -0.3 is 14.8 Å². The molecule has 20 heavy (non-hydrogen) atoms. The van der Waals surface area contributed by atoms with Crippen molar-refractivity contribution in [2.75, 3.05) is 31.4 Å². The predicted molar refractivity (Wildman–Crippen MR) is 74.6 cm³/mol. The van der Waals surface area contributed by atoms with Gasteiger partial charge in [-0.25, -0.2) is 14.8 Å². The van der Waals surface area contributed by atoms with E-state index in [9.17, 15) is 9.59 Å². The average molecular weight is 299 g/mol. The van der Waals surface area contributed by atoms with E-state index in [4.69, 9.17) is 4.74 Å². The molecule has 0 aliphatic carbocycles. The van der Waals surface area contributed by atoms with E-state index >= 15 is 0 Å². The van der Waals surface area contributed by atoms with Crippen LogP contribution in [0.2, 0.25) is 0 Å². The zero-order valence-electron chi connectivity index (χ0n) is 11.6.